The Morgan fingerprint density at radius 2 is 2.00 bits per heavy atom. The smallest absolute Gasteiger partial charge is 0.354 e. The number of carbonyl (C=O) groups is 2. The fourth-order valence-corrected chi connectivity index (χ4v) is 3.18. The van der Waals surface area contributed by atoms with Crippen LogP contribution < -0.4 is 0 Å². The Hall–Kier alpha value is -0.710. The van der Waals surface area contributed by atoms with Gasteiger partial charge in [0.25, 0.3) is 3.79 Å². The van der Waals surface area contributed by atoms with E-state index in [1.54, 1.807) is 10.8 Å². The van der Waals surface area contributed by atoms with Crippen LogP contribution in [0.25, 0.3) is 0 Å². The highest BCUT2D eigenvalue weighted by Gasteiger charge is 2.35. The lowest BCUT2D eigenvalue weighted by Gasteiger charge is -2.19. The van der Waals surface area contributed by atoms with Crippen molar-refractivity contribution >= 4 is 46.6 Å². The van der Waals surface area contributed by atoms with Crippen molar-refractivity contribution in [2.75, 3.05) is 7.11 Å². The minimum atomic E-state index is -2.04. The van der Waals surface area contributed by atoms with E-state index < -0.39 is 15.5 Å². The highest BCUT2D eigenvalue weighted by Crippen LogP contribution is 2.38. The zero-order valence-corrected chi connectivity index (χ0v) is 14.0. The van der Waals surface area contributed by atoms with Gasteiger partial charge in [0.15, 0.2) is 0 Å². The number of esters is 1. The van der Waals surface area contributed by atoms with E-state index in [0.29, 0.717) is 11.6 Å². The summed E-state index contributed by atoms with van der Waals surface area (Å²) >= 11 is 16.9. The van der Waals surface area contributed by atoms with E-state index in [1.807, 2.05) is 0 Å². The monoisotopic (exact) mass is 351 g/mol. The van der Waals surface area contributed by atoms with Gasteiger partial charge >= 0.3 is 5.97 Å². The fraction of sp³-hybridized carbons (Fsp3) is 0.571. The van der Waals surface area contributed by atoms with Crippen LogP contribution in [0.3, 0.4) is 0 Å². The standard InChI is InChI=1S/C14H16Cl3NO3/c1-8-4-3-5-10(8)18-7-9(12(19)14(15,16)17)6-11(18)13(20)21-2/h6-8,10H,3-5H2,1-2H3. The third kappa shape index (κ3) is 3.38. The largest absolute Gasteiger partial charge is 0.464 e. The number of methoxy groups -OCH3 is 1. The molecule has 1 aliphatic rings. The van der Waals surface area contributed by atoms with Gasteiger partial charge in [-0.25, -0.2) is 4.79 Å². The van der Waals surface area contributed by atoms with Crippen LogP contribution >= 0.6 is 34.8 Å². The fourth-order valence-electron chi connectivity index (χ4n) is 2.85. The van der Waals surface area contributed by atoms with Gasteiger partial charge in [-0.2, -0.15) is 0 Å². The van der Waals surface area contributed by atoms with E-state index in [9.17, 15) is 9.59 Å². The van der Waals surface area contributed by atoms with Crippen LogP contribution in [-0.4, -0.2) is 27.2 Å². The van der Waals surface area contributed by atoms with Crippen molar-refractivity contribution in [2.45, 2.75) is 36.0 Å². The molecule has 0 amide bonds. The number of aromatic nitrogens is 1. The van der Waals surface area contributed by atoms with Gasteiger partial charge in [-0.3, -0.25) is 4.79 Å². The van der Waals surface area contributed by atoms with Crippen molar-refractivity contribution in [3.8, 4) is 0 Å². The second-order valence-electron chi connectivity index (χ2n) is 5.32. The molecule has 1 aliphatic carbocycles. The molecule has 0 N–H and O–H groups in total. The molecule has 0 bridgehead atoms. The van der Waals surface area contributed by atoms with Crippen molar-refractivity contribution in [2.24, 2.45) is 5.92 Å². The van der Waals surface area contributed by atoms with Crippen molar-refractivity contribution in [1.29, 1.82) is 0 Å². The van der Waals surface area contributed by atoms with Gasteiger partial charge in [0.1, 0.15) is 5.69 Å². The maximum Gasteiger partial charge on any atom is 0.354 e. The predicted molar refractivity (Wildman–Crippen MR) is 82.4 cm³/mol. The lowest BCUT2D eigenvalue weighted by molar-refractivity contribution is 0.0584. The minimum absolute atomic E-state index is 0.149. The van der Waals surface area contributed by atoms with Crippen LogP contribution in [0.5, 0.6) is 0 Å². The zero-order valence-electron chi connectivity index (χ0n) is 11.7. The summed E-state index contributed by atoms with van der Waals surface area (Å²) in [4.78, 5) is 24.0. The second-order valence-corrected chi connectivity index (χ2v) is 7.60. The molecule has 2 atom stereocenters. The molecule has 21 heavy (non-hydrogen) atoms. The third-order valence-corrected chi connectivity index (χ3v) is 4.45. The molecule has 0 radical (unpaired) electrons. The van der Waals surface area contributed by atoms with Crippen molar-refractivity contribution in [3.05, 3.63) is 23.5 Å². The molecule has 116 valence electrons. The average molecular weight is 353 g/mol. The van der Waals surface area contributed by atoms with Gasteiger partial charge in [-0.05, 0) is 24.8 Å². The number of ketones is 1. The number of alkyl halides is 3. The highest BCUT2D eigenvalue weighted by molar-refractivity contribution is 6.77. The maximum atomic E-state index is 12.1. The zero-order chi connectivity index (χ0) is 15.8. The Morgan fingerprint density at radius 3 is 2.48 bits per heavy atom. The van der Waals surface area contributed by atoms with Gasteiger partial charge < -0.3 is 9.30 Å². The highest BCUT2D eigenvalue weighted by atomic mass is 35.6. The number of nitrogens with zero attached hydrogens (tertiary/aromatic N) is 1. The number of hydrogen-bond acceptors (Lipinski definition) is 3. The van der Waals surface area contributed by atoms with Gasteiger partial charge in [0, 0.05) is 17.8 Å². The van der Waals surface area contributed by atoms with Crippen LogP contribution in [0.2, 0.25) is 0 Å². The van der Waals surface area contributed by atoms with Gasteiger partial charge in [-0.15, -0.1) is 0 Å². The summed E-state index contributed by atoms with van der Waals surface area (Å²) in [7, 11) is 1.30. The minimum Gasteiger partial charge on any atom is -0.464 e. The van der Waals surface area contributed by atoms with E-state index in [0.717, 1.165) is 19.3 Å². The molecule has 1 saturated carbocycles. The normalized spacial score (nSPS) is 22.3. The molecule has 1 fully saturated rings. The lowest BCUT2D eigenvalue weighted by Crippen LogP contribution is -2.18. The molecule has 0 saturated heterocycles. The van der Waals surface area contributed by atoms with E-state index in [4.69, 9.17) is 39.5 Å². The molecular formula is C14H16Cl3NO3. The Balaban J connectivity index is 2.45. The summed E-state index contributed by atoms with van der Waals surface area (Å²) in [6.45, 7) is 2.12. The third-order valence-electron chi connectivity index (χ3n) is 3.94. The first-order valence-electron chi connectivity index (χ1n) is 6.67. The molecule has 7 heteroatoms. The number of ether oxygens (including phenoxy) is 1. The van der Waals surface area contributed by atoms with E-state index in [2.05, 4.69) is 6.92 Å². The first kappa shape index (κ1) is 16.7. The summed E-state index contributed by atoms with van der Waals surface area (Å²) in [5.41, 5.74) is 0.517. The Labute approximate surface area is 138 Å². The SMILES string of the molecule is COC(=O)c1cc(C(=O)C(Cl)(Cl)Cl)cn1C1CCCC1C. The lowest BCUT2D eigenvalue weighted by atomic mass is 10.1. The summed E-state index contributed by atoms with van der Waals surface area (Å²) in [5, 5.41) is 0. The Bertz CT molecular complexity index is 562. The molecule has 0 aliphatic heterocycles. The first-order chi connectivity index (χ1) is 9.75. The molecule has 1 aromatic heterocycles. The topological polar surface area (TPSA) is 48.3 Å². The van der Waals surface area contributed by atoms with Crippen molar-refractivity contribution in [1.82, 2.24) is 4.57 Å². The van der Waals surface area contributed by atoms with Gasteiger partial charge in [0.05, 0.1) is 7.11 Å². The molecule has 2 unspecified atom stereocenters. The molecule has 2 rings (SSSR count). The quantitative estimate of drug-likeness (QED) is 0.465. The number of carbonyl (C=O) groups excluding carboxylic acids is 2. The Kier molecular flexibility index (Phi) is 4.91. The number of Topliss-reactive ketones (excluding diaryl/α,β-unsaturated/α-hetero) is 1. The average Bonchev–Trinajstić information content (AvgIpc) is 3.01. The van der Waals surface area contributed by atoms with E-state index >= 15 is 0 Å². The van der Waals surface area contributed by atoms with Crippen LogP contribution in [0.15, 0.2) is 12.3 Å². The van der Waals surface area contributed by atoms with Crippen molar-refractivity contribution in [3.63, 3.8) is 0 Å². The summed E-state index contributed by atoms with van der Waals surface area (Å²) in [6, 6.07) is 1.58. The van der Waals surface area contributed by atoms with Crippen LogP contribution in [-0.2, 0) is 4.74 Å². The van der Waals surface area contributed by atoms with E-state index in [-0.39, 0.29) is 11.6 Å². The van der Waals surface area contributed by atoms with Crippen LogP contribution in [0.4, 0.5) is 0 Å². The molecule has 0 aromatic carbocycles. The van der Waals surface area contributed by atoms with Gasteiger partial charge in [0.2, 0.25) is 5.78 Å². The Morgan fingerprint density at radius 1 is 1.33 bits per heavy atom. The maximum absolute atomic E-state index is 12.1. The molecule has 0 spiro atoms. The molecular weight excluding hydrogens is 337 g/mol. The molecule has 1 heterocycles. The summed E-state index contributed by atoms with van der Waals surface area (Å²) in [5.74, 6) is -0.740. The van der Waals surface area contributed by atoms with Crippen molar-refractivity contribution < 1.29 is 14.3 Å². The van der Waals surface area contributed by atoms with Gasteiger partial charge in [-0.1, -0.05) is 48.1 Å². The van der Waals surface area contributed by atoms with E-state index in [1.165, 1.54) is 13.2 Å². The molecule has 4 nitrogen and oxygen atoms in total. The van der Waals surface area contributed by atoms with Crippen LogP contribution in [0, 0.1) is 5.92 Å². The molecule has 1 aromatic rings. The number of rotatable bonds is 3. The second kappa shape index (κ2) is 6.19. The summed E-state index contributed by atoms with van der Waals surface area (Å²) < 4.78 is 4.52. The first-order valence-corrected chi connectivity index (χ1v) is 7.80. The summed E-state index contributed by atoms with van der Waals surface area (Å²) in [6.07, 6.45) is 4.69. The number of halogens is 3. The predicted octanol–water partition coefficient (Wildman–Crippen LogP) is 4.19. The number of hydrogen-bond donors (Lipinski definition) is 0. The van der Waals surface area contributed by atoms with Crippen LogP contribution in [0.1, 0.15) is 53.1 Å².